The molecule has 2 aromatic carbocycles. The average Bonchev–Trinajstić information content (AvgIpc) is 2.88. The number of hydrogen-bond donors (Lipinski definition) is 1. The molecule has 2 aromatic rings. The van der Waals surface area contributed by atoms with E-state index in [1.807, 2.05) is 42.5 Å². The molecule has 1 N–H and O–H groups in total. The van der Waals surface area contributed by atoms with Crippen molar-refractivity contribution >= 4 is 27.6 Å². The second kappa shape index (κ2) is 7.87. The van der Waals surface area contributed by atoms with Crippen molar-refractivity contribution in [3.05, 3.63) is 81.5 Å². The van der Waals surface area contributed by atoms with Crippen molar-refractivity contribution < 1.29 is 14.7 Å². The fraction of sp³-hybridized carbons (Fsp3) is 0.238. The lowest BCUT2D eigenvalue weighted by Crippen LogP contribution is -2.32. The quantitative estimate of drug-likeness (QED) is 0.764. The zero-order valence-corrected chi connectivity index (χ0v) is 16.1. The molecule has 0 fully saturated rings. The van der Waals surface area contributed by atoms with Crippen LogP contribution in [-0.2, 0) is 16.0 Å². The molecule has 0 spiro atoms. The molecule has 0 bridgehead atoms. The first-order valence-electron chi connectivity index (χ1n) is 8.53. The number of ketones is 1. The Morgan fingerprint density at radius 2 is 1.77 bits per heavy atom. The highest BCUT2D eigenvalue weighted by atomic mass is 79.9. The second-order valence-electron chi connectivity index (χ2n) is 6.36. The van der Waals surface area contributed by atoms with Gasteiger partial charge in [-0.3, -0.25) is 9.59 Å². The van der Waals surface area contributed by atoms with Crippen molar-refractivity contribution in [2.45, 2.75) is 25.8 Å². The maximum atomic E-state index is 12.6. The van der Waals surface area contributed by atoms with Gasteiger partial charge in [-0.05, 0) is 43.0 Å². The van der Waals surface area contributed by atoms with Crippen molar-refractivity contribution in [1.29, 1.82) is 0 Å². The highest BCUT2D eigenvalue weighted by Gasteiger charge is 2.41. The van der Waals surface area contributed by atoms with Gasteiger partial charge >= 0.3 is 0 Å². The van der Waals surface area contributed by atoms with E-state index in [1.165, 1.54) is 12.5 Å². The van der Waals surface area contributed by atoms with E-state index >= 15 is 0 Å². The van der Waals surface area contributed by atoms with E-state index in [-0.39, 0.29) is 11.4 Å². The third-order valence-electron chi connectivity index (χ3n) is 4.58. The Morgan fingerprint density at radius 1 is 1.12 bits per heavy atom. The van der Waals surface area contributed by atoms with Gasteiger partial charge in [0.2, 0.25) is 0 Å². The number of carbonyl (C=O) groups is 2. The fourth-order valence-corrected chi connectivity index (χ4v) is 3.60. The monoisotopic (exact) mass is 413 g/mol. The second-order valence-corrected chi connectivity index (χ2v) is 7.28. The Labute approximate surface area is 161 Å². The van der Waals surface area contributed by atoms with Crippen LogP contribution in [0.15, 0.2) is 70.4 Å². The molecule has 0 saturated carbocycles. The number of aliphatic hydroxyl groups excluding tert-OH is 1. The smallest absolute Gasteiger partial charge is 0.290 e. The molecular formula is C21H20BrNO3. The van der Waals surface area contributed by atoms with Gasteiger partial charge in [-0.15, -0.1) is 0 Å². The first kappa shape index (κ1) is 18.4. The summed E-state index contributed by atoms with van der Waals surface area (Å²) in [6.45, 7) is 1.85. The molecule has 1 unspecified atom stereocenters. The molecule has 5 heteroatoms. The highest BCUT2D eigenvalue weighted by Crippen LogP contribution is 2.38. The molecule has 0 radical (unpaired) electrons. The molecule has 1 aliphatic rings. The lowest BCUT2D eigenvalue weighted by Gasteiger charge is -2.26. The minimum Gasteiger partial charge on any atom is -0.503 e. The number of nitrogens with zero attached hydrogens (tertiary/aromatic N) is 1. The number of carbonyl (C=O) groups excluding carboxylic acids is 2. The van der Waals surface area contributed by atoms with E-state index in [2.05, 4.69) is 28.1 Å². The molecule has 3 rings (SSSR count). The Morgan fingerprint density at radius 3 is 2.38 bits per heavy atom. The van der Waals surface area contributed by atoms with Gasteiger partial charge in [0, 0.05) is 11.0 Å². The number of aliphatic hydroxyl groups is 1. The summed E-state index contributed by atoms with van der Waals surface area (Å²) in [5.74, 6) is -1.18. The van der Waals surface area contributed by atoms with Crippen LogP contribution in [0.4, 0.5) is 0 Å². The molecule has 4 nitrogen and oxygen atoms in total. The van der Waals surface area contributed by atoms with E-state index in [4.69, 9.17) is 0 Å². The van der Waals surface area contributed by atoms with E-state index < -0.39 is 17.7 Å². The summed E-state index contributed by atoms with van der Waals surface area (Å²) < 4.78 is 0.916. The van der Waals surface area contributed by atoms with Crippen LogP contribution in [0.2, 0.25) is 0 Å². The van der Waals surface area contributed by atoms with Crippen LogP contribution in [0.1, 0.15) is 30.5 Å². The molecule has 0 saturated heterocycles. The Hall–Kier alpha value is -2.40. The van der Waals surface area contributed by atoms with Crippen LogP contribution >= 0.6 is 15.9 Å². The van der Waals surface area contributed by atoms with Crippen molar-refractivity contribution in [2.24, 2.45) is 0 Å². The lowest BCUT2D eigenvalue weighted by atomic mass is 9.96. The van der Waals surface area contributed by atoms with Crippen LogP contribution in [0.3, 0.4) is 0 Å². The van der Waals surface area contributed by atoms with Crippen LogP contribution in [0, 0.1) is 0 Å². The summed E-state index contributed by atoms with van der Waals surface area (Å²) in [7, 11) is 0. The SMILES string of the molecule is CC(=O)C1=C(O)C(=O)N(CCCc2ccccc2)C1c1ccc(Br)cc1. The fourth-order valence-electron chi connectivity index (χ4n) is 3.33. The first-order valence-corrected chi connectivity index (χ1v) is 9.32. The predicted octanol–water partition coefficient (Wildman–Crippen LogP) is 4.37. The van der Waals surface area contributed by atoms with E-state index in [1.54, 1.807) is 4.90 Å². The van der Waals surface area contributed by atoms with Crippen LogP contribution < -0.4 is 0 Å². The number of aryl methyl sites for hydroxylation is 1. The largest absolute Gasteiger partial charge is 0.503 e. The maximum absolute atomic E-state index is 12.6. The van der Waals surface area contributed by atoms with Crippen molar-refractivity contribution in [3.8, 4) is 0 Å². The van der Waals surface area contributed by atoms with E-state index in [0.717, 1.165) is 22.9 Å². The lowest BCUT2D eigenvalue weighted by molar-refractivity contribution is -0.129. The highest BCUT2D eigenvalue weighted by molar-refractivity contribution is 9.10. The molecule has 1 aliphatic heterocycles. The Kier molecular flexibility index (Phi) is 5.57. The van der Waals surface area contributed by atoms with E-state index in [0.29, 0.717) is 6.54 Å². The van der Waals surface area contributed by atoms with Crippen molar-refractivity contribution in [2.75, 3.05) is 6.54 Å². The van der Waals surface area contributed by atoms with Gasteiger partial charge in [0.1, 0.15) is 0 Å². The zero-order valence-electron chi connectivity index (χ0n) is 14.5. The normalized spacial score (nSPS) is 17.1. The first-order chi connectivity index (χ1) is 12.5. The Bertz CT molecular complexity index is 843. The van der Waals surface area contributed by atoms with Gasteiger partial charge in [0.15, 0.2) is 11.5 Å². The zero-order chi connectivity index (χ0) is 18.7. The number of amides is 1. The van der Waals surface area contributed by atoms with Gasteiger partial charge in [-0.2, -0.15) is 0 Å². The minimum absolute atomic E-state index is 0.178. The van der Waals surface area contributed by atoms with E-state index in [9.17, 15) is 14.7 Å². The van der Waals surface area contributed by atoms with Crippen LogP contribution in [0.5, 0.6) is 0 Å². The molecule has 1 amide bonds. The summed E-state index contributed by atoms with van der Waals surface area (Å²) in [6, 6.07) is 17.0. The van der Waals surface area contributed by atoms with Gasteiger partial charge in [0.25, 0.3) is 5.91 Å². The van der Waals surface area contributed by atoms with Crippen LogP contribution in [0.25, 0.3) is 0 Å². The van der Waals surface area contributed by atoms with Gasteiger partial charge in [-0.25, -0.2) is 0 Å². The molecule has 0 aromatic heterocycles. The minimum atomic E-state index is -0.538. The maximum Gasteiger partial charge on any atom is 0.290 e. The molecule has 1 heterocycles. The molecule has 26 heavy (non-hydrogen) atoms. The number of rotatable bonds is 6. The van der Waals surface area contributed by atoms with Crippen LogP contribution in [-0.4, -0.2) is 28.2 Å². The number of Topliss-reactive ketones (excluding diaryl/α,β-unsaturated/α-hetero) is 1. The summed E-state index contributed by atoms with van der Waals surface area (Å²) in [5.41, 5.74) is 2.19. The standard InChI is InChI=1S/C21H20BrNO3/c1-14(24)18-19(16-9-11-17(22)12-10-16)23(21(26)20(18)25)13-5-8-15-6-3-2-4-7-15/h2-4,6-7,9-12,19,25H,5,8,13H2,1H3. The average molecular weight is 414 g/mol. The molecular weight excluding hydrogens is 394 g/mol. The number of hydrogen-bond acceptors (Lipinski definition) is 3. The van der Waals surface area contributed by atoms with Gasteiger partial charge in [0.05, 0.1) is 11.6 Å². The van der Waals surface area contributed by atoms with Crippen molar-refractivity contribution in [3.63, 3.8) is 0 Å². The van der Waals surface area contributed by atoms with Gasteiger partial charge < -0.3 is 10.0 Å². The topological polar surface area (TPSA) is 57.6 Å². The Balaban J connectivity index is 1.83. The molecule has 0 aliphatic carbocycles. The summed E-state index contributed by atoms with van der Waals surface area (Å²) in [5, 5.41) is 10.3. The van der Waals surface area contributed by atoms with Crippen molar-refractivity contribution in [1.82, 2.24) is 4.90 Å². The summed E-state index contributed by atoms with van der Waals surface area (Å²) >= 11 is 3.40. The van der Waals surface area contributed by atoms with Gasteiger partial charge in [-0.1, -0.05) is 58.4 Å². The summed E-state index contributed by atoms with van der Waals surface area (Å²) in [4.78, 5) is 26.3. The molecule has 1 atom stereocenters. The summed E-state index contributed by atoms with van der Waals surface area (Å²) in [6.07, 6.45) is 1.58. The third-order valence-corrected chi connectivity index (χ3v) is 5.10. The molecule has 134 valence electrons. The third kappa shape index (κ3) is 3.73. The number of halogens is 1. The predicted molar refractivity (Wildman–Crippen MR) is 104 cm³/mol. The number of benzene rings is 2.